The number of rotatable bonds is 10. The molecular weight excluding hydrogens is 478 g/mol. The number of allylic oxidation sites excluding steroid dienone is 2. The van der Waals surface area contributed by atoms with E-state index < -0.39 is 15.8 Å². The maximum atomic E-state index is 12.9. The summed E-state index contributed by atoms with van der Waals surface area (Å²) in [6, 6.07) is 5.59. The second kappa shape index (κ2) is 12.4. The molecule has 1 saturated heterocycles. The molecule has 1 aliphatic rings. The Morgan fingerprint density at radius 2 is 2.06 bits per heavy atom. The largest absolute Gasteiger partial charge is 0.495 e. The molecule has 34 heavy (non-hydrogen) atoms. The summed E-state index contributed by atoms with van der Waals surface area (Å²) in [4.78, 5) is 20.7. The Kier molecular flexibility index (Phi) is 9.96. The molecule has 1 heterocycles. The van der Waals surface area contributed by atoms with Gasteiger partial charge in [-0.05, 0) is 25.8 Å². The highest BCUT2D eigenvalue weighted by Gasteiger charge is 2.24. The van der Waals surface area contributed by atoms with Crippen molar-refractivity contribution in [2.75, 3.05) is 57.7 Å². The van der Waals surface area contributed by atoms with Crippen LogP contribution in [0.5, 0.6) is 5.75 Å². The van der Waals surface area contributed by atoms with E-state index in [1.54, 1.807) is 25.0 Å². The van der Waals surface area contributed by atoms with Crippen molar-refractivity contribution >= 4 is 46.0 Å². The number of terminal acetylenes is 1. The third-order valence-corrected chi connectivity index (χ3v) is 6.95. The topological polar surface area (TPSA) is 94.9 Å². The Bertz CT molecular complexity index is 1090. The Labute approximate surface area is 206 Å². The number of carbonyl (C=O) groups excluding carboxylic acids is 1. The van der Waals surface area contributed by atoms with Crippen molar-refractivity contribution in [3.05, 3.63) is 34.2 Å². The quantitative estimate of drug-likeness (QED) is 0.273. The smallest absolute Gasteiger partial charge is 0.244 e. The fourth-order valence-electron chi connectivity index (χ4n) is 3.54. The minimum Gasteiger partial charge on any atom is -0.495 e. The summed E-state index contributed by atoms with van der Waals surface area (Å²) >= 11 is 6.11. The molecular formula is C23H30ClN5O4S. The van der Waals surface area contributed by atoms with Crippen molar-refractivity contribution in [3.63, 3.8) is 0 Å². The van der Waals surface area contributed by atoms with E-state index in [0.29, 0.717) is 37.0 Å². The molecule has 9 nitrogen and oxygen atoms in total. The molecule has 1 fully saturated rings. The summed E-state index contributed by atoms with van der Waals surface area (Å²) < 4.78 is 29.2. The first-order valence-corrected chi connectivity index (χ1v) is 12.8. The lowest BCUT2D eigenvalue weighted by Crippen LogP contribution is -2.51. The first-order valence-electron chi connectivity index (χ1n) is 10.5. The fraction of sp³-hybridized carbons (Fsp3) is 0.435. The third-order valence-electron chi connectivity index (χ3n) is 5.29. The lowest BCUT2D eigenvalue weighted by molar-refractivity contribution is -0.132. The number of aliphatic imine (C=N–C) groups is 1. The van der Waals surface area contributed by atoms with Crippen molar-refractivity contribution in [1.29, 1.82) is 0 Å². The van der Waals surface area contributed by atoms with E-state index >= 15 is 0 Å². The van der Waals surface area contributed by atoms with Crippen LogP contribution in [-0.4, -0.2) is 89.9 Å². The van der Waals surface area contributed by atoms with E-state index in [1.165, 1.54) is 17.3 Å². The molecule has 0 N–H and O–H groups in total. The van der Waals surface area contributed by atoms with Gasteiger partial charge in [0, 0.05) is 50.4 Å². The number of benzene rings is 1. The molecule has 1 aromatic carbocycles. The van der Waals surface area contributed by atoms with Crippen LogP contribution in [0, 0.1) is 18.3 Å². The molecule has 1 atom stereocenters. The number of ether oxygens (including phenoxy) is 1. The van der Waals surface area contributed by atoms with Gasteiger partial charge in [-0.2, -0.15) is 5.10 Å². The first-order chi connectivity index (χ1) is 16.1. The lowest BCUT2D eigenvalue weighted by Gasteiger charge is -2.36. The van der Waals surface area contributed by atoms with Gasteiger partial charge in [0.05, 0.1) is 23.0 Å². The van der Waals surface area contributed by atoms with Crippen LogP contribution < -0.4 is 9.64 Å². The third kappa shape index (κ3) is 7.23. The van der Waals surface area contributed by atoms with Crippen LogP contribution in [0.2, 0.25) is 5.02 Å². The zero-order valence-electron chi connectivity index (χ0n) is 19.6. The van der Waals surface area contributed by atoms with Crippen molar-refractivity contribution in [2.45, 2.75) is 6.92 Å². The zero-order valence-corrected chi connectivity index (χ0v) is 21.2. The number of hydrazone groups is 1. The van der Waals surface area contributed by atoms with Crippen LogP contribution in [0.15, 0.2) is 39.3 Å². The van der Waals surface area contributed by atoms with Crippen LogP contribution in [-0.2, 0) is 14.6 Å². The zero-order chi connectivity index (χ0) is 25.3. The molecule has 0 saturated carbocycles. The van der Waals surface area contributed by atoms with Crippen LogP contribution in [0.4, 0.5) is 5.69 Å². The summed E-state index contributed by atoms with van der Waals surface area (Å²) in [6.45, 7) is 7.45. The van der Waals surface area contributed by atoms with Gasteiger partial charge in [-0.25, -0.2) is 8.42 Å². The van der Waals surface area contributed by atoms with Crippen molar-refractivity contribution in [1.82, 2.24) is 9.91 Å². The van der Waals surface area contributed by atoms with Gasteiger partial charge < -0.3 is 14.5 Å². The minimum absolute atomic E-state index is 0.0361. The number of hydrogen-bond acceptors (Lipinski definition) is 8. The van der Waals surface area contributed by atoms with Gasteiger partial charge in [0.15, 0.2) is 9.84 Å². The molecule has 0 aliphatic carbocycles. The number of hydrogen-bond donors (Lipinski definition) is 0. The average molecular weight is 508 g/mol. The number of amides is 1. The molecule has 184 valence electrons. The summed E-state index contributed by atoms with van der Waals surface area (Å²) in [6.07, 6.45) is 9.39. The standard InChI is InChI=1S/C23H30ClN5O4S/c1-6-18(22(7-2)34(5,31)32)15-26-29(17-25-3)16-23(30)28-12-10-27(11-13-28)19-8-9-20(24)21(14-19)33-4/h1,7-9,14-15,18H,3,10-13,16-17H2,2,4-5H3/b22-7+,26-15-. The number of carbonyl (C=O) groups is 1. The Hall–Kier alpha value is -3.03. The van der Waals surface area contributed by atoms with Crippen LogP contribution in [0.3, 0.4) is 0 Å². The van der Waals surface area contributed by atoms with Gasteiger partial charge >= 0.3 is 0 Å². The van der Waals surface area contributed by atoms with Gasteiger partial charge in [0.2, 0.25) is 5.91 Å². The normalized spacial score (nSPS) is 15.7. The molecule has 1 unspecified atom stereocenters. The highest BCUT2D eigenvalue weighted by atomic mass is 35.5. The Morgan fingerprint density at radius 3 is 2.59 bits per heavy atom. The maximum absolute atomic E-state index is 12.9. The highest BCUT2D eigenvalue weighted by Crippen LogP contribution is 2.29. The lowest BCUT2D eigenvalue weighted by atomic mass is 10.1. The van der Waals surface area contributed by atoms with Crippen molar-refractivity contribution in [2.24, 2.45) is 16.0 Å². The monoisotopic (exact) mass is 507 g/mol. The van der Waals surface area contributed by atoms with Gasteiger partial charge in [-0.1, -0.05) is 23.6 Å². The number of halogens is 1. The number of methoxy groups -OCH3 is 1. The van der Waals surface area contributed by atoms with Crippen molar-refractivity contribution < 1.29 is 17.9 Å². The molecule has 0 aromatic heterocycles. The predicted molar refractivity (Wildman–Crippen MR) is 137 cm³/mol. The SMILES string of the molecule is C#CC(/C=N\N(CN=C)CC(=O)N1CCN(c2ccc(Cl)c(OC)c2)CC1)/C(=C\C)S(C)(=O)=O. The van der Waals surface area contributed by atoms with Gasteiger partial charge in [0.25, 0.3) is 0 Å². The van der Waals surface area contributed by atoms with Crippen molar-refractivity contribution in [3.8, 4) is 18.1 Å². The van der Waals surface area contributed by atoms with Gasteiger partial charge in [0.1, 0.15) is 19.0 Å². The van der Waals surface area contributed by atoms with E-state index in [1.807, 2.05) is 12.1 Å². The first kappa shape index (κ1) is 27.2. The fourth-order valence-corrected chi connectivity index (χ4v) is 4.75. The van der Waals surface area contributed by atoms with Crippen LogP contribution in [0.25, 0.3) is 0 Å². The van der Waals surface area contributed by atoms with E-state index in [-0.39, 0.29) is 24.0 Å². The molecule has 1 amide bonds. The van der Waals surface area contributed by atoms with Crippen LogP contribution in [0.1, 0.15) is 6.92 Å². The predicted octanol–water partition coefficient (Wildman–Crippen LogP) is 2.14. The summed E-state index contributed by atoms with van der Waals surface area (Å²) in [5, 5.41) is 6.19. The summed E-state index contributed by atoms with van der Waals surface area (Å²) in [5.74, 6) is 2.05. The number of nitrogens with zero attached hydrogens (tertiary/aromatic N) is 5. The second-order valence-electron chi connectivity index (χ2n) is 7.59. The molecule has 11 heteroatoms. The molecule has 2 rings (SSSR count). The molecule has 1 aromatic rings. The van der Waals surface area contributed by atoms with E-state index in [9.17, 15) is 13.2 Å². The van der Waals surface area contributed by atoms with E-state index in [4.69, 9.17) is 22.8 Å². The Balaban J connectivity index is 2.02. The summed E-state index contributed by atoms with van der Waals surface area (Å²) in [5.41, 5.74) is 0.974. The number of piperazine rings is 1. The molecule has 0 radical (unpaired) electrons. The van der Waals surface area contributed by atoms with Gasteiger partial charge in [-0.15, -0.1) is 6.42 Å². The second-order valence-corrected chi connectivity index (χ2v) is 10.0. The number of sulfone groups is 1. The Morgan fingerprint density at radius 1 is 1.38 bits per heavy atom. The van der Waals surface area contributed by atoms with Crippen LogP contribution >= 0.6 is 11.6 Å². The molecule has 1 aliphatic heterocycles. The highest BCUT2D eigenvalue weighted by molar-refractivity contribution is 7.94. The molecule has 0 spiro atoms. The van der Waals surface area contributed by atoms with E-state index in [0.717, 1.165) is 11.9 Å². The molecule has 0 bridgehead atoms. The van der Waals surface area contributed by atoms with E-state index in [2.05, 4.69) is 27.6 Å². The van der Waals surface area contributed by atoms with Gasteiger partial charge in [-0.3, -0.25) is 14.8 Å². The average Bonchev–Trinajstić information content (AvgIpc) is 2.81. The maximum Gasteiger partial charge on any atom is 0.244 e. The minimum atomic E-state index is -3.48. The number of anilines is 1. The summed E-state index contributed by atoms with van der Waals surface area (Å²) in [7, 11) is -1.91.